The Morgan fingerprint density at radius 2 is 2.46 bits per heavy atom. The second-order valence-electron chi connectivity index (χ2n) is 3.63. The van der Waals surface area contributed by atoms with E-state index in [1.807, 2.05) is 25.5 Å². The van der Waals surface area contributed by atoms with Crippen molar-refractivity contribution in [3.63, 3.8) is 0 Å². The zero-order valence-corrected chi connectivity index (χ0v) is 7.67. The highest BCUT2D eigenvalue weighted by Gasteiger charge is 2.50. The second-order valence-corrected chi connectivity index (χ2v) is 3.63. The molecule has 0 aliphatic heterocycles. The number of aromatic amines is 1. The second kappa shape index (κ2) is 2.90. The third kappa shape index (κ3) is 1.24. The monoisotopic (exact) mass is 175 g/mol. The topological polar surface area (TPSA) is 51.6 Å². The van der Waals surface area contributed by atoms with E-state index in [-0.39, 0.29) is 11.5 Å². The minimum Gasteiger partial charge on any atom is -0.367 e. The van der Waals surface area contributed by atoms with Crippen molar-refractivity contribution in [2.45, 2.75) is 18.9 Å². The van der Waals surface area contributed by atoms with Crippen molar-refractivity contribution in [3.05, 3.63) is 24.0 Å². The highest BCUT2D eigenvalue weighted by atomic mass is 14.9. The fourth-order valence-corrected chi connectivity index (χ4v) is 1.88. The number of nitrogens with one attached hydrogen (secondary N) is 2. The van der Waals surface area contributed by atoms with Gasteiger partial charge in [-0.15, -0.1) is 0 Å². The molecule has 1 unspecified atom stereocenters. The summed E-state index contributed by atoms with van der Waals surface area (Å²) in [5, 5.41) is 12.3. The molecule has 1 atom stereocenters. The largest absolute Gasteiger partial charge is 0.367 e. The van der Waals surface area contributed by atoms with Crippen LogP contribution in [0.15, 0.2) is 18.5 Å². The molecule has 0 bridgehead atoms. The van der Waals surface area contributed by atoms with Crippen LogP contribution in [0.25, 0.3) is 0 Å². The average Bonchev–Trinajstić information content (AvgIpc) is 2.75. The summed E-state index contributed by atoms with van der Waals surface area (Å²) in [6, 6.07) is 4.63. The predicted octanol–water partition coefficient (Wildman–Crippen LogP) is 1.58. The molecule has 3 nitrogen and oxygen atoms in total. The Balaban J connectivity index is 2.25. The van der Waals surface area contributed by atoms with Crippen molar-refractivity contribution < 1.29 is 0 Å². The van der Waals surface area contributed by atoms with Gasteiger partial charge in [-0.1, -0.05) is 0 Å². The van der Waals surface area contributed by atoms with Gasteiger partial charge in [-0.25, -0.2) is 0 Å². The summed E-state index contributed by atoms with van der Waals surface area (Å²) in [6.07, 6.45) is 5.88. The van der Waals surface area contributed by atoms with E-state index in [0.717, 1.165) is 12.8 Å². The summed E-state index contributed by atoms with van der Waals surface area (Å²) >= 11 is 0. The molecule has 2 N–H and O–H groups in total. The van der Waals surface area contributed by atoms with E-state index >= 15 is 0 Å². The number of nitrogens with zero attached hydrogens (tertiary/aromatic N) is 1. The van der Waals surface area contributed by atoms with Gasteiger partial charge in [-0.2, -0.15) is 5.26 Å². The maximum absolute atomic E-state index is 9.06. The standard InChI is InChI=1S/C10H13N3/c1-12-9(8-2-5-13-6-8)10(7-11)3-4-10/h2,5-6,9,12-13H,3-4H2,1H3. The van der Waals surface area contributed by atoms with Crippen LogP contribution in [0.3, 0.4) is 0 Å². The van der Waals surface area contributed by atoms with Crippen molar-refractivity contribution in [3.8, 4) is 6.07 Å². The molecule has 1 aromatic heterocycles. The smallest absolute Gasteiger partial charge is 0.0769 e. The van der Waals surface area contributed by atoms with Crippen molar-refractivity contribution in [2.75, 3.05) is 7.05 Å². The molecule has 1 fully saturated rings. The normalized spacial score (nSPS) is 20.6. The Labute approximate surface area is 77.8 Å². The van der Waals surface area contributed by atoms with Gasteiger partial charge in [-0.05, 0) is 31.5 Å². The van der Waals surface area contributed by atoms with Gasteiger partial charge in [-0.3, -0.25) is 0 Å². The molecule has 0 aromatic carbocycles. The zero-order chi connectivity index (χ0) is 9.31. The Morgan fingerprint density at radius 3 is 2.85 bits per heavy atom. The highest BCUT2D eigenvalue weighted by molar-refractivity contribution is 5.26. The van der Waals surface area contributed by atoms with Gasteiger partial charge in [0.25, 0.3) is 0 Å². The molecule has 0 saturated heterocycles. The van der Waals surface area contributed by atoms with Crippen LogP contribution in [-0.2, 0) is 0 Å². The first-order chi connectivity index (χ1) is 6.32. The molecule has 1 aromatic rings. The summed E-state index contributed by atoms with van der Waals surface area (Å²) in [5.41, 5.74) is 1.04. The fourth-order valence-electron chi connectivity index (χ4n) is 1.88. The van der Waals surface area contributed by atoms with E-state index in [1.165, 1.54) is 5.56 Å². The van der Waals surface area contributed by atoms with Crippen LogP contribution in [0.2, 0.25) is 0 Å². The first-order valence-corrected chi connectivity index (χ1v) is 4.53. The Kier molecular flexibility index (Phi) is 1.86. The summed E-state index contributed by atoms with van der Waals surface area (Å²) in [4.78, 5) is 3.02. The molecule has 2 rings (SSSR count). The van der Waals surface area contributed by atoms with Gasteiger partial charge in [0.15, 0.2) is 0 Å². The lowest BCUT2D eigenvalue weighted by atomic mass is 9.93. The summed E-state index contributed by atoms with van der Waals surface area (Å²) in [6.45, 7) is 0. The molecule has 13 heavy (non-hydrogen) atoms. The predicted molar refractivity (Wildman–Crippen MR) is 49.9 cm³/mol. The lowest BCUT2D eigenvalue weighted by Gasteiger charge is -2.19. The van der Waals surface area contributed by atoms with E-state index in [2.05, 4.69) is 16.4 Å². The first-order valence-electron chi connectivity index (χ1n) is 4.53. The molecule has 0 amide bonds. The van der Waals surface area contributed by atoms with E-state index in [9.17, 15) is 0 Å². The Morgan fingerprint density at radius 1 is 1.69 bits per heavy atom. The van der Waals surface area contributed by atoms with Crippen LogP contribution in [-0.4, -0.2) is 12.0 Å². The van der Waals surface area contributed by atoms with Crippen molar-refractivity contribution in [2.24, 2.45) is 5.41 Å². The van der Waals surface area contributed by atoms with Crippen LogP contribution in [0.1, 0.15) is 24.4 Å². The molecular weight excluding hydrogens is 162 g/mol. The van der Waals surface area contributed by atoms with E-state index in [1.54, 1.807) is 0 Å². The van der Waals surface area contributed by atoms with Crippen molar-refractivity contribution in [1.29, 1.82) is 5.26 Å². The molecule has 0 spiro atoms. The number of hydrogen-bond donors (Lipinski definition) is 2. The van der Waals surface area contributed by atoms with E-state index in [4.69, 9.17) is 5.26 Å². The summed E-state index contributed by atoms with van der Waals surface area (Å²) in [5.74, 6) is 0. The number of nitriles is 1. The quantitative estimate of drug-likeness (QED) is 0.732. The maximum atomic E-state index is 9.06. The lowest BCUT2D eigenvalue weighted by molar-refractivity contribution is 0.444. The van der Waals surface area contributed by atoms with Crippen LogP contribution in [0.5, 0.6) is 0 Å². The fraction of sp³-hybridized carbons (Fsp3) is 0.500. The lowest BCUT2D eigenvalue weighted by Crippen LogP contribution is -2.25. The van der Waals surface area contributed by atoms with Gasteiger partial charge in [0.05, 0.1) is 17.5 Å². The number of H-pyrrole nitrogens is 1. The minimum atomic E-state index is -0.142. The molecule has 1 saturated carbocycles. The van der Waals surface area contributed by atoms with Gasteiger partial charge in [0, 0.05) is 12.4 Å². The molecule has 3 heteroatoms. The SMILES string of the molecule is CNC(c1cc[nH]c1)C1(C#N)CC1. The number of aromatic nitrogens is 1. The van der Waals surface area contributed by atoms with Gasteiger partial charge >= 0.3 is 0 Å². The molecular formula is C10H13N3. The van der Waals surface area contributed by atoms with E-state index in [0.29, 0.717) is 0 Å². The van der Waals surface area contributed by atoms with Gasteiger partial charge in [0.2, 0.25) is 0 Å². The first kappa shape index (κ1) is 8.33. The number of hydrogen-bond acceptors (Lipinski definition) is 2. The maximum Gasteiger partial charge on any atom is 0.0769 e. The molecule has 0 radical (unpaired) electrons. The molecule has 1 aliphatic rings. The van der Waals surface area contributed by atoms with Crippen LogP contribution < -0.4 is 5.32 Å². The van der Waals surface area contributed by atoms with Crippen molar-refractivity contribution >= 4 is 0 Å². The third-order valence-corrected chi connectivity index (χ3v) is 2.81. The molecule has 68 valence electrons. The van der Waals surface area contributed by atoms with Gasteiger partial charge in [0.1, 0.15) is 0 Å². The van der Waals surface area contributed by atoms with Crippen LogP contribution >= 0.6 is 0 Å². The summed E-state index contributed by atoms with van der Waals surface area (Å²) in [7, 11) is 1.91. The summed E-state index contributed by atoms with van der Waals surface area (Å²) < 4.78 is 0. The van der Waals surface area contributed by atoms with Crippen LogP contribution in [0.4, 0.5) is 0 Å². The molecule has 1 heterocycles. The third-order valence-electron chi connectivity index (χ3n) is 2.81. The zero-order valence-electron chi connectivity index (χ0n) is 7.67. The minimum absolute atomic E-state index is 0.142. The van der Waals surface area contributed by atoms with Gasteiger partial charge < -0.3 is 10.3 Å². The number of rotatable bonds is 3. The van der Waals surface area contributed by atoms with Crippen molar-refractivity contribution in [1.82, 2.24) is 10.3 Å². The highest BCUT2D eigenvalue weighted by Crippen LogP contribution is 2.54. The Hall–Kier alpha value is -1.27. The molecule has 1 aliphatic carbocycles. The van der Waals surface area contributed by atoms with Crippen LogP contribution in [0, 0.1) is 16.7 Å². The van der Waals surface area contributed by atoms with E-state index < -0.39 is 0 Å². The Bertz CT molecular complexity index is 316. The average molecular weight is 175 g/mol.